The van der Waals surface area contributed by atoms with Crippen molar-refractivity contribution in [2.75, 3.05) is 13.7 Å². The molecule has 6 rings (SSSR count). The van der Waals surface area contributed by atoms with Gasteiger partial charge in [-0.25, -0.2) is 13.2 Å². The summed E-state index contributed by atoms with van der Waals surface area (Å²) in [7, 11) is -2.54. The molecule has 14 nitrogen and oxygen atoms in total. The molecule has 3 heterocycles. The van der Waals surface area contributed by atoms with Crippen LogP contribution in [0.5, 0.6) is 11.8 Å². The average Bonchev–Trinajstić information content (AvgIpc) is 4.07. The summed E-state index contributed by atoms with van der Waals surface area (Å²) in [5.41, 5.74) is -4.51. The largest absolute Gasteiger partial charge is 0.481 e. The van der Waals surface area contributed by atoms with E-state index in [1.807, 2.05) is 25.1 Å². The maximum atomic E-state index is 14.9. The second-order valence-electron chi connectivity index (χ2n) is 16.2. The van der Waals surface area contributed by atoms with E-state index in [1.54, 1.807) is 31.2 Å². The molecule has 18 heteroatoms. The molecule has 3 N–H and O–H groups in total. The number of amides is 4. The van der Waals surface area contributed by atoms with Gasteiger partial charge in [0.1, 0.15) is 23.7 Å². The third kappa shape index (κ3) is 9.10. The minimum atomic E-state index is -4.91. The summed E-state index contributed by atoms with van der Waals surface area (Å²) in [5, 5.41) is 5.88. The molecule has 1 aromatic heterocycles. The highest BCUT2D eigenvalue weighted by atomic mass is 32.2. The van der Waals surface area contributed by atoms with Crippen molar-refractivity contribution in [3.05, 3.63) is 42.5 Å². The number of carbonyl (C=O) groups excluding carboxylic acids is 4. The zero-order valence-electron chi connectivity index (χ0n) is 32.6. The summed E-state index contributed by atoms with van der Waals surface area (Å²) in [5.74, 6) is -3.17. The summed E-state index contributed by atoms with van der Waals surface area (Å²) in [4.78, 5) is 62.0. The minimum absolute atomic E-state index is 0.0296. The molecule has 7 atom stereocenters. The molecule has 0 bridgehead atoms. The molecular formula is C39H50F3N5O9S. The lowest BCUT2D eigenvalue weighted by Gasteiger charge is -2.35. The van der Waals surface area contributed by atoms with Gasteiger partial charge in [-0.1, -0.05) is 50.6 Å². The number of nitrogens with zero attached hydrogens (tertiary/aromatic N) is 2. The van der Waals surface area contributed by atoms with Gasteiger partial charge in [0.15, 0.2) is 0 Å². The minimum Gasteiger partial charge on any atom is -0.481 e. The SMILES string of the molecule is CC[C@@H]1C[C@H](C)CC/C=C\[C@@H]2C[C@@]2(C(=O)NS(=O)(=O)C2CC2)NC(=O)[C@@H]2C[C@@H](Oc3nc(OC)cc4ccccc34)CN2C(=O)[C@H]1NC(=O)OC(C)(C)C(F)(F)F. The van der Waals surface area contributed by atoms with Crippen LogP contribution in [0.3, 0.4) is 0 Å². The Morgan fingerprint density at radius 3 is 2.49 bits per heavy atom. The van der Waals surface area contributed by atoms with Gasteiger partial charge in [0.2, 0.25) is 39.2 Å². The smallest absolute Gasteiger partial charge is 0.427 e. The Bertz CT molecular complexity index is 2020. The predicted molar refractivity (Wildman–Crippen MR) is 201 cm³/mol. The van der Waals surface area contributed by atoms with Crippen LogP contribution < -0.4 is 24.8 Å². The normalized spacial score (nSPS) is 29.2. The monoisotopic (exact) mass is 821 g/mol. The van der Waals surface area contributed by atoms with E-state index < -0.39 is 86.4 Å². The highest BCUT2D eigenvalue weighted by Crippen LogP contribution is 2.46. The Kier molecular flexibility index (Phi) is 11.8. The zero-order chi connectivity index (χ0) is 41.5. The first-order chi connectivity index (χ1) is 26.8. The Hall–Kier alpha value is -4.61. The van der Waals surface area contributed by atoms with Crippen molar-refractivity contribution in [3.8, 4) is 11.8 Å². The molecule has 0 radical (unpaired) electrons. The molecule has 2 aromatic rings. The number of methoxy groups -OCH3 is 1. The molecule has 4 amide bonds. The van der Waals surface area contributed by atoms with E-state index in [1.165, 1.54) is 12.0 Å². The number of allylic oxidation sites excluding steroid dienone is 1. The van der Waals surface area contributed by atoms with E-state index in [0.29, 0.717) is 57.8 Å². The van der Waals surface area contributed by atoms with E-state index in [-0.39, 0.29) is 37.1 Å². The number of fused-ring (bicyclic) bond motifs is 3. The van der Waals surface area contributed by atoms with Crippen LogP contribution in [-0.2, 0) is 29.1 Å². The van der Waals surface area contributed by atoms with Crippen LogP contribution in [0.4, 0.5) is 18.0 Å². The zero-order valence-corrected chi connectivity index (χ0v) is 33.4. The first-order valence-electron chi connectivity index (χ1n) is 19.3. The number of sulfonamides is 1. The van der Waals surface area contributed by atoms with Crippen molar-refractivity contribution >= 4 is 44.6 Å². The van der Waals surface area contributed by atoms with E-state index in [0.717, 1.165) is 5.39 Å². The van der Waals surface area contributed by atoms with Crippen LogP contribution >= 0.6 is 0 Å². The van der Waals surface area contributed by atoms with Crippen LogP contribution in [0.1, 0.15) is 79.1 Å². The van der Waals surface area contributed by atoms with Crippen LogP contribution in [0.15, 0.2) is 42.5 Å². The summed E-state index contributed by atoms with van der Waals surface area (Å²) >= 11 is 0. The number of carbonyl (C=O) groups is 4. The average molecular weight is 822 g/mol. The van der Waals surface area contributed by atoms with Crippen molar-refractivity contribution in [1.29, 1.82) is 0 Å². The van der Waals surface area contributed by atoms with Gasteiger partial charge in [-0.3, -0.25) is 19.1 Å². The topological polar surface area (TPSA) is 182 Å². The summed E-state index contributed by atoms with van der Waals surface area (Å²) in [6.45, 7) is 4.94. The van der Waals surface area contributed by atoms with Crippen molar-refractivity contribution in [2.45, 2.75) is 120 Å². The van der Waals surface area contributed by atoms with Crippen LogP contribution in [-0.4, -0.2) is 96.5 Å². The summed E-state index contributed by atoms with van der Waals surface area (Å²) < 4.78 is 85.9. The van der Waals surface area contributed by atoms with E-state index >= 15 is 0 Å². The van der Waals surface area contributed by atoms with E-state index in [9.17, 15) is 40.8 Å². The first-order valence-corrected chi connectivity index (χ1v) is 20.8. The van der Waals surface area contributed by atoms with E-state index in [2.05, 4.69) is 20.3 Å². The van der Waals surface area contributed by atoms with Crippen molar-refractivity contribution in [2.24, 2.45) is 17.8 Å². The highest BCUT2D eigenvalue weighted by Gasteiger charge is 2.62. The number of alkyl carbamates (subject to hydrolysis) is 1. The van der Waals surface area contributed by atoms with Crippen molar-refractivity contribution in [3.63, 3.8) is 0 Å². The van der Waals surface area contributed by atoms with Gasteiger partial charge in [0.05, 0.1) is 18.9 Å². The molecule has 4 aliphatic rings. The number of hydrogen-bond acceptors (Lipinski definition) is 10. The highest BCUT2D eigenvalue weighted by molar-refractivity contribution is 7.91. The van der Waals surface area contributed by atoms with Gasteiger partial charge in [-0.15, -0.1) is 0 Å². The Labute approximate surface area is 329 Å². The van der Waals surface area contributed by atoms with Crippen LogP contribution in [0.25, 0.3) is 10.8 Å². The number of aromatic nitrogens is 1. The number of rotatable bonds is 9. The lowest BCUT2D eigenvalue weighted by Crippen LogP contribution is -2.59. The van der Waals surface area contributed by atoms with Gasteiger partial charge >= 0.3 is 12.3 Å². The number of hydrogen-bond donors (Lipinski definition) is 3. The molecule has 2 aliphatic heterocycles. The number of benzene rings is 1. The van der Waals surface area contributed by atoms with E-state index in [4.69, 9.17) is 14.2 Å². The van der Waals surface area contributed by atoms with Gasteiger partial charge in [-0.05, 0) is 75.7 Å². The molecule has 0 unspecified atom stereocenters. The second-order valence-corrected chi connectivity index (χ2v) is 18.1. The number of ether oxygens (including phenoxy) is 3. The van der Waals surface area contributed by atoms with Gasteiger partial charge in [-0.2, -0.15) is 18.2 Å². The Balaban J connectivity index is 1.37. The third-order valence-corrected chi connectivity index (χ3v) is 13.3. The maximum absolute atomic E-state index is 14.9. The molecule has 312 valence electrons. The van der Waals surface area contributed by atoms with Crippen LogP contribution in [0.2, 0.25) is 0 Å². The Morgan fingerprint density at radius 1 is 1.11 bits per heavy atom. The fraction of sp³-hybridized carbons (Fsp3) is 0.615. The van der Waals surface area contributed by atoms with Gasteiger partial charge < -0.3 is 29.7 Å². The predicted octanol–water partition coefficient (Wildman–Crippen LogP) is 4.91. The quantitative estimate of drug-likeness (QED) is 0.294. The van der Waals surface area contributed by atoms with Gasteiger partial charge in [0.25, 0.3) is 5.91 Å². The number of alkyl halides is 3. The molecule has 2 aliphatic carbocycles. The molecule has 2 saturated carbocycles. The first kappa shape index (κ1) is 42.0. The summed E-state index contributed by atoms with van der Waals surface area (Å²) in [6.07, 6.45) is -0.869. The fourth-order valence-corrected chi connectivity index (χ4v) is 9.02. The molecule has 3 fully saturated rings. The maximum Gasteiger partial charge on any atom is 0.427 e. The number of halogens is 3. The lowest BCUT2D eigenvalue weighted by atomic mass is 9.85. The number of nitrogens with one attached hydrogen (secondary N) is 3. The standard InChI is InChI=1S/C39H50F3N5O9S/c1-6-23-17-22(2)11-7-9-13-25-20-38(25,35(50)46-57(52,53)27-15-16-27)45-32(48)29-19-26(55-33-28-14-10-8-12-24(28)18-30(43-33)54-5)21-47(29)34(49)31(23)44-36(51)56-37(3,4)39(40,41)42/h8-10,12-14,18,22-23,25-27,29,31H,6-7,11,15-17,19-21H2,1-5H3,(H,44,51)(H,45,48)(H,46,50)/b13-9-/t22-,23-,25-,26-,29+,31+,38-/m1/s1. The molecular weight excluding hydrogens is 772 g/mol. The number of pyridine rings is 1. The van der Waals surface area contributed by atoms with Crippen LogP contribution in [0, 0.1) is 17.8 Å². The molecule has 57 heavy (non-hydrogen) atoms. The molecule has 0 spiro atoms. The molecule has 1 saturated heterocycles. The third-order valence-electron chi connectivity index (χ3n) is 11.4. The second kappa shape index (κ2) is 16.0. The Morgan fingerprint density at radius 2 is 1.82 bits per heavy atom. The molecule has 1 aromatic carbocycles. The summed E-state index contributed by atoms with van der Waals surface area (Å²) in [6, 6.07) is 6.20. The lowest BCUT2D eigenvalue weighted by molar-refractivity contribution is -0.244. The van der Waals surface area contributed by atoms with Crippen molar-refractivity contribution in [1.82, 2.24) is 25.2 Å². The van der Waals surface area contributed by atoms with Crippen molar-refractivity contribution < 1.29 is 55.0 Å². The fourth-order valence-electron chi connectivity index (χ4n) is 7.66. The van der Waals surface area contributed by atoms with Gasteiger partial charge in [0, 0.05) is 23.8 Å².